The maximum Gasteiger partial charge on any atom is 0.221 e. The lowest BCUT2D eigenvalue weighted by molar-refractivity contribution is -0.111. The van der Waals surface area contributed by atoms with Crippen LogP contribution in [0.2, 0.25) is 0 Å². The summed E-state index contributed by atoms with van der Waals surface area (Å²) < 4.78 is 0. The molecule has 0 N–H and O–H groups in total. The summed E-state index contributed by atoms with van der Waals surface area (Å²) in [6, 6.07) is 0. The third kappa shape index (κ3) is 21.7. The molecule has 0 atom stereocenters. The number of hydrogen-bond donors (Lipinski definition) is 0. The second-order valence-electron chi connectivity index (χ2n) is 7.10. The summed E-state index contributed by atoms with van der Waals surface area (Å²) in [5.74, 6) is 0. The average molecular weight is 357 g/mol. The highest BCUT2D eigenvalue weighted by atomic mass is 35.5. The predicted molar refractivity (Wildman–Crippen MR) is 109 cm³/mol. The van der Waals surface area contributed by atoms with Gasteiger partial charge in [0.2, 0.25) is 5.24 Å². The van der Waals surface area contributed by atoms with Crippen molar-refractivity contribution < 1.29 is 4.79 Å². The number of rotatable bonds is 19. The van der Waals surface area contributed by atoms with Gasteiger partial charge in [0.25, 0.3) is 0 Å². The Hall–Kier alpha value is -0.300. The molecule has 0 aromatic carbocycles. The van der Waals surface area contributed by atoms with Gasteiger partial charge in [-0.15, -0.1) is 0 Å². The van der Waals surface area contributed by atoms with Crippen LogP contribution in [-0.2, 0) is 4.79 Å². The molecule has 24 heavy (non-hydrogen) atoms. The molecule has 0 aromatic heterocycles. The number of carbonyl (C=O) groups excluding carboxylic acids is 1. The highest BCUT2D eigenvalue weighted by Crippen LogP contribution is 2.13. The quantitative estimate of drug-likeness (QED) is 0.129. The number of carbonyl (C=O) groups is 1. The van der Waals surface area contributed by atoms with Crippen molar-refractivity contribution in [1.82, 2.24) is 0 Å². The van der Waals surface area contributed by atoms with Crippen molar-refractivity contribution in [3.05, 3.63) is 12.2 Å². The van der Waals surface area contributed by atoms with Crippen LogP contribution in [0.25, 0.3) is 0 Å². The van der Waals surface area contributed by atoms with Crippen LogP contribution in [0.1, 0.15) is 122 Å². The minimum absolute atomic E-state index is 0.183. The summed E-state index contributed by atoms with van der Waals surface area (Å²) in [7, 11) is 0. The molecule has 142 valence electrons. The lowest BCUT2D eigenvalue weighted by Gasteiger charge is -2.02. The van der Waals surface area contributed by atoms with Crippen LogP contribution in [0.5, 0.6) is 0 Å². The largest absolute Gasteiger partial charge is 0.281 e. The summed E-state index contributed by atoms with van der Waals surface area (Å²) in [6.45, 7) is 2.27. The fourth-order valence-corrected chi connectivity index (χ4v) is 3.18. The van der Waals surface area contributed by atoms with Gasteiger partial charge in [-0.05, 0) is 43.7 Å². The highest BCUT2D eigenvalue weighted by molar-refractivity contribution is 6.63. The van der Waals surface area contributed by atoms with E-state index in [4.69, 9.17) is 11.6 Å². The SMILES string of the molecule is CCCCCC/C=C/CCCCCCCCCCCCCC(=O)Cl. The number of hydrogen-bond acceptors (Lipinski definition) is 1. The fourth-order valence-electron chi connectivity index (χ4n) is 3.04. The van der Waals surface area contributed by atoms with Gasteiger partial charge < -0.3 is 0 Å². The molecule has 0 fully saturated rings. The van der Waals surface area contributed by atoms with Gasteiger partial charge in [-0.25, -0.2) is 0 Å². The number of allylic oxidation sites excluding steroid dienone is 2. The molecule has 0 saturated carbocycles. The summed E-state index contributed by atoms with van der Waals surface area (Å²) in [4.78, 5) is 10.6. The maximum atomic E-state index is 10.6. The second-order valence-corrected chi connectivity index (χ2v) is 7.53. The zero-order valence-electron chi connectivity index (χ0n) is 16.2. The van der Waals surface area contributed by atoms with Crippen molar-refractivity contribution in [2.24, 2.45) is 0 Å². The number of unbranched alkanes of at least 4 members (excludes halogenated alkanes) is 15. The van der Waals surface area contributed by atoms with E-state index in [-0.39, 0.29) is 5.24 Å². The van der Waals surface area contributed by atoms with E-state index in [9.17, 15) is 4.79 Å². The first-order valence-corrected chi connectivity index (χ1v) is 11.0. The van der Waals surface area contributed by atoms with E-state index in [0.717, 1.165) is 12.8 Å². The van der Waals surface area contributed by atoms with Gasteiger partial charge in [0, 0.05) is 6.42 Å². The predicted octanol–water partition coefficient (Wildman–Crippen LogP) is 8.35. The van der Waals surface area contributed by atoms with Crippen LogP contribution in [0, 0.1) is 0 Å². The topological polar surface area (TPSA) is 17.1 Å². The molecule has 0 aliphatic rings. The Morgan fingerprint density at radius 3 is 1.42 bits per heavy atom. The summed E-state index contributed by atoms with van der Waals surface area (Å²) in [6.07, 6.45) is 27.8. The molecule has 2 heteroatoms. The minimum atomic E-state index is -0.183. The van der Waals surface area contributed by atoms with Crippen LogP contribution in [-0.4, -0.2) is 5.24 Å². The van der Waals surface area contributed by atoms with Gasteiger partial charge >= 0.3 is 0 Å². The first-order chi connectivity index (χ1) is 11.8. The molecule has 0 radical (unpaired) electrons. The monoisotopic (exact) mass is 356 g/mol. The van der Waals surface area contributed by atoms with Crippen molar-refractivity contribution in [2.45, 2.75) is 122 Å². The molecule has 0 unspecified atom stereocenters. The molecule has 1 nitrogen and oxygen atoms in total. The Morgan fingerprint density at radius 2 is 1.00 bits per heavy atom. The molecule has 0 bridgehead atoms. The lowest BCUT2D eigenvalue weighted by atomic mass is 10.0. The van der Waals surface area contributed by atoms with E-state index in [1.165, 1.54) is 96.3 Å². The molecule has 0 amide bonds. The Balaban J connectivity index is 3.05. The lowest BCUT2D eigenvalue weighted by Crippen LogP contribution is -1.86. The van der Waals surface area contributed by atoms with Crippen LogP contribution in [0.3, 0.4) is 0 Å². The smallest absolute Gasteiger partial charge is 0.221 e. The summed E-state index contributed by atoms with van der Waals surface area (Å²) >= 11 is 5.32. The van der Waals surface area contributed by atoms with Gasteiger partial charge in [0.05, 0.1) is 0 Å². The minimum Gasteiger partial charge on any atom is -0.281 e. The Bertz CT molecular complexity index is 286. The van der Waals surface area contributed by atoms with Crippen LogP contribution in [0.15, 0.2) is 12.2 Å². The first-order valence-electron chi connectivity index (χ1n) is 10.6. The Labute approximate surface area is 156 Å². The van der Waals surface area contributed by atoms with E-state index < -0.39 is 0 Å². The molecule has 0 saturated heterocycles. The number of halogens is 1. The van der Waals surface area contributed by atoms with Crippen molar-refractivity contribution in [3.63, 3.8) is 0 Å². The van der Waals surface area contributed by atoms with E-state index in [0.29, 0.717) is 6.42 Å². The van der Waals surface area contributed by atoms with Gasteiger partial charge in [0.1, 0.15) is 0 Å². The fraction of sp³-hybridized carbons (Fsp3) is 0.864. The average Bonchev–Trinajstić information content (AvgIpc) is 2.56. The van der Waals surface area contributed by atoms with Crippen molar-refractivity contribution in [1.29, 1.82) is 0 Å². The van der Waals surface area contributed by atoms with Crippen LogP contribution >= 0.6 is 11.6 Å². The molecule has 0 rings (SSSR count). The first kappa shape index (κ1) is 23.7. The van der Waals surface area contributed by atoms with E-state index in [2.05, 4.69) is 19.1 Å². The van der Waals surface area contributed by atoms with E-state index in [1.54, 1.807) is 0 Å². The molecule has 0 aromatic rings. The molecule has 0 aliphatic carbocycles. The highest BCUT2D eigenvalue weighted by Gasteiger charge is 1.96. The Morgan fingerprint density at radius 1 is 0.625 bits per heavy atom. The molecule has 0 aliphatic heterocycles. The third-order valence-electron chi connectivity index (χ3n) is 4.64. The van der Waals surface area contributed by atoms with E-state index >= 15 is 0 Å². The normalized spacial score (nSPS) is 11.4. The standard InChI is InChI=1S/C22H41ClO/c1-2-3-4-5-6-7-8-9-10-11-12-13-14-15-16-17-18-19-20-21-22(23)24/h7-8H,2-6,9-21H2,1H3/b8-7+. The van der Waals surface area contributed by atoms with Gasteiger partial charge in [-0.3, -0.25) is 4.79 Å². The van der Waals surface area contributed by atoms with Crippen molar-refractivity contribution in [3.8, 4) is 0 Å². The van der Waals surface area contributed by atoms with Crippen molar-refractivity contribution in [2.75, 3.05) is 0 Å². The third-order valence-corrected chi connectivity index (χ3v) is 4.82. The zero-order chi connectivity index (χ0) is 17.7. The molecular weight excluding hydrogens is 316 g/mol. The maximum absolute atomic E-state index is 10.6. The van der Waals surface area contributed by atoms with Crippen LogP contribution < -0.4 is 0 Å². The Kier molecular flexibility index (Phi) is 20.5. The van der Waals surface area contributed by atoms with Crippen LogP contribution in [0.4, 0.5) is 0 Å². The second kappa shape index (κ2) is 20.7. The van der Waals surface area contributed by atoms with Gasteiger partial charge in [-0.2, -0.15) is 0 Å². The summed E-state index contributed by atoms with van der Waals surface area (Å²) in [5.41, 5.74) is 0. The molecular formula is C22H41ClO. The molecule has 0 spiro atoms. The van der Waals surface area contributed by atoms with Gasteiger partial charge in [-0.1, -0.05) is 96.1 Å². The van der Waals surface area contributed by atoms with E-state index in [1.807, 2.05) is 0 Å². The molecule has 0 heterocycles. The van der Waals surface area contributed by atoms with Crippen molar-refractivity contribution >= 4 is 16.8 Å². The zero-order valence-corrected chi connectivity index (χ0v) is 16.9. The van der Waals surface area contributed by atoms with Gasteiger partial charge in [0.15, 0.2) is 0 Å². The summed E-state index contributed by atoms with van der Waals surface area (Å²) in [5, 5.41) is -0.183.